The van der Waals surface area contributed by atoms with Crippen LogP contribution >= 0.6 is 0 Å². The molecule has 0 radical (unpaired) electrons. The van der Waals surface area contributed by atoms with Crippen molar-refractivity contribution in [2.24, 2.45) is 5.41 Å². The predicted octanol–water partition coefficient (Wildman–Crippen LogP) is 2.59. The molecule has 0 saturated carbocycles. The minimum atomic E-state index is -0.224. The van der Waals surface area contributed by atoms with Crippen LogP contribution in [0.2, 0.25) is 0 Å². The SMILES string of the molecule is CCC(CC)(CCO)CNC(=O)c1cc(-c2ccco2)[nH]n1. The van der Waals surface area contributed by atoms with Gasteiger partial charge in [0.15, 0.2) is 11.5 Å². The van der Waals surface area contributed by atoms with E-state index in [1.807, 2.05) is 0 Å². The lowest BCUT2D eigenvalue weighted by Gasteiger charge is -2.31. The highest BCUT2D eigenvalue weighted by molar-refractivity contribution is 5.93. The third-order valence-electron chi connectivity index (χ3n) is 4.36. The summed E-state index contributed by atoms with van der Waals surface area (Å²) in [7, 11) is 0. The molecule has 1 amide bonds. The summed E-state index contributed by atoms with van der Waals surface area (Å²) in [5, 5.41) is 19.0. The highest BCUT2D eigenvalue weighted by Gasteiger charge is 2.26. The molecule has 6 heteroatoms. The third-order valence-corrected chi connectivity index (χ3v) is 4.36. The van der Waals surface area contributed by atoms with Gasteiger partial charge in [-0.05, 0) is 36.8 Å². The van der Waals surface area contributed by atoms with E-state index in [-0.39, 0.29) is 17.9 Å². The summed E-state index contributed by atoms with van der Waals surface area (Å²) >= 11 is 0. The van der Waals surface area contributed by atoms with E-state index in [0.717, 1.165) is 12.8 Å². The van der Waals surface area contributed by atoms with Crippen molar-refractivity contribution in [3.8, 4) is 11.5 Å². The van der Waals surface area contributed by atoms with Crippen molar-refractivity contribution in [2.45, 2.75) is 33.1 Å². The van der Waals surface area contributed by atoms with Crippen molar-refractivity contribution < 1.29 is 14.3 Å². The zero-order valence-corrected chi connectivity index (χ0v) is 13.1. The van der Waals surface area contributed by atoms with Crippen molar-refractivity contribution >= 4 is 5.91 Å². The van der Waals surface area contributed by atoms with Crippen LogP contribution in [0.4, 0.5) is 0 Å². The van der Waals surface area contributed by atoms with E-state index in [0.29, 0.717) is 30.1 Å². The first-order valence-corrected chi connectivity index (χ1v) is 7.62. The zero-order chi connectivity index (χ0) is 16.0. The van der Waals surface area contributed by atoms with E-state index >= 15 is 0 Å². The molecule has 0 aliphatic heterocycles. The number of nitrogens with one attached hydrogen (secondary N) is 2. The van der Waals surface area contributed by atoms with Gasteiger partial charge in [-0.3, -0.25) is 9.89 Å². The number of hydrogen-bond donors (Lipinski definition) is 3. The number of carbonyl (C=O) groups is 1. The van der Waals surface area contributed by atoms with Gasteiger partial charge in [-0.25, -0.2) is 0 Å². The molecule has 0 unspecified atom stereocenters. The fourth-order valence-electron chi connectivity index (χ4n) is 2.53. The molecule has 2 aromatic heterocycles. The van der Waals surface area contributed by atoms with E-state index in [1.165, 1.54) is 0 Å². The van der Waals surface area contributed by atoms with E-state index in [1.54, 1.807) is 24.5 Å². The molecule has 2 aromatic rings. The monoisotopic (exact) mass is 305 g/mol. The van der Waals surface area contributed by atoms with E-state index in [4.69, 9.17) is 4.42 Å². The Morgan fingerprint density at radius 2 is 2.23 bits per heavy atom. The van der Waals surface area contributed by atoms with Crippen molar-refractivity contribution in [3.63, 3.8) is 0 Å². The van der Waals surface area contributed by atoms with E-state index in [9.17, 15) is 9.90 Å². The first kappa shape index (κ1) is 16.3. The molecule has 0 bridgehead atoms. The number of furan rings is 1. The maximum absolute atomic E-state index is 12.2. The van der Waals surface area contributed by atoms with Gasteiger partial charge in [0.2, 0.25) is 0 Å². The van der Waals surface area contributed by atoms with Crippen LogP contribution in [-0.2, 0) is 0 Å². The van der Waals surface area contributed by atoms with Crippen LogP contribution in [0.15, 0.2) is 28.9 Å². The molecule has 22 heavy (non-hydrogen) atoms. The van der Waals surface area contributed by atoms with Gasteiger partial charge in [-0.15, -0.1) is 0 Å². The Kier molecular flexibility index (Phi) is 5.38. The van der Waals surface area contributed by atoms with Gasteiger partial charge in [0.25, 0.3) is 5.91 Å². The van der Waals surface area contributed by atoms with Crippen molar-refractivity contribution in [1.29, 1.82) is 0 Å². The van der Waals surface area contributed by atoms with Crippen molar-refractivity contribution in [2.75, 3.05) is 13.2 Å². The van der Waals surface area contributed by atoms with E-state index in [2.05, 4.69) is 29.4 Å². The zero-order valence-electron chi connectivity index (χ0n) is 13.1. The Bertz CT molecular complexity index is 586. The Labute approximate surface area is 129 Å². The van der Waals surface area contributed by atoms with Crippen LogP contribution in [-0.4, -0.2) is 34.4 Å². The predicted molar refractivity (Wildman–Crippen MR) is 83.3 cm³/mol. The molecule has 0 aromatic carbocycles. The number of aliphatic hydroxyl groups is 1. The van der Waals surface area contributed by atoms with E-state index < -0.39 is 0 Å². The molecular formula is C16H23N3O3. The summed E-state index contributed by atoms with van der Waals surface area (Å²) in [5.74, 6) is 0.418. The minimum Gasteiger partial charge on any atom is -0.463 e. The van der Waals surface area contributed by atoms with Gasteiger partial charge in [0, 0.05) is 19.2 Å². The summed E-state index contributed by atoms with van der Waals surface area (Å²) in [6.45, 7) is 4.81. The lowest BCUT2D eigenvalue weighted by atomic mass is 9.79. The fraction of sp³-hybridized carbons (Fsp3) is 0.500. The lowest BCUT2D eigenvalue weighted by Crippen LogP contribution is -2.37. The summed E-state index contributed by atoms with van der Waals surface area (Å²) in [4.78, 5) is 12.2. The van der Waals surface area contributed by atoms with Gasteiger partial charge in [0.05, 0.1) is 6.26 Å². The Hall–Kier alpha value is -2.08. The second-order valence-electron chi connectivity index (χ2n) is 5.51. The highest BCUT2D eigenvalue weighted by Crippen LogP contribution is 2.29. The highest BCUT2D eigenvalue weighted by atomic mass is 16.3. The number of nitrogens with zero attached hydrogens (tertiary/aromatic N) is 1. The average molecular weight is 305 g/mol. The molecule has 0 atom stereocenters. The Balaban J connectivity index is 2.00. The van der Waals surface area contributed by atoms with Gasteiger partial charge < -0.3 is 14.8 Å². The minimum absolute atomic E-state index is 0.0649. The first-order valence-electron chi connectivity index (χ1n) is 7.62. The second kappa shape index (κ2) is 7.26. The maximum Gasteiger partial charge on any atom is 0.271 e. The summed E-state index contributed by atoms with van der Waals surface area (Å²) in [5.41, 5.74) is 0.934. The summed E-state index contributed by atoms with van der Waals surface area (Å²) in [6, 6.07) is 5.25. The molecule has 2 rings (SSSR count). The molecule has 2 heterocycles. The summed E-state index contributed by atoms with van der Waals surface area (Å²) < 4.78 is 5.26. The molecule has 3 N–H and O–H groups in total. The quantitative estimate of drug-likeness (QED) is 0.699. The molecule has 6 nitrogen and oxygen atoms in total. The number of carbonyl (C=O) groups excluding carboxylic acids is 1. The number of aliphatic hydroxyl groups excluding tert-OH is 1. The van der Waals surface area contributed by atoms with Crippen LogP contribution < -0.4 is 5.32 Å². The average Bonchev–Trinajstić information content (AvgIpc) is 3.21. The molecular weight excluding hydrogens is 282 g/mol. The number of amides is 1. The fourth-order valence-corrected chi connectivity index (χ4v) is 2.53. The van der Waals surface area contributed by atoms with Crippen LogP contribution in [0.25, 0.3) is 11.5 Å². The van der Waals surface area contributed by atoms with Crippen LogP contribution in [0.5, 0.6) is 0 Å². The molecule has 0 spiro atoms. The Morgan fingerprint density at radius 3 is 2.82 bits per heavy atom. The number of H-pyrrole nitrogens is 1. The molecule has 0 aliphatic carbocycles. The summed E-state index contributed by atoms with van der Waals surface area (Å²) in [6.07, 6.45) is 4.06. The number of aromatic amines is 1. The standard InChI is InChI=1S/C16H23N3O3/c1-3-16(4-2,7-8-20)11-17-15(21)13-10-12(18-19-13)14-6-5-9-22-14/h5-6,9-10,20H,3-4,7-8,11H2,1-2H3,(H,17,21)(H,18,19). The Morgan fingerprint density at radius 1 is 1.45 bits per heavy atom. The third kappa shape index (κ3) is 3.57. The topological polar surface area (TPSA) is 91.1 Å². The first-order chi connectivity index (χ1) is 10.6. The molecule has 0 aliphatic rings. The van der Waals surface area contributed by atoms with Gasteiger partial charge in [-0.2, -0.15) is 5.10 Å². The molecule has 0 saturated heterocycles. The van der Waals surface area contributed by atoms with Crippen LogP contribution in [0.3, 0.4) is 0 Å². The molecule has 120 valence electrons. The number of rotatable bonds is 8. The van der Waals surface area contributed by atoms with Crippen molar-refractivity contribution in [1.82, 2.24) is 15.5 Å². The van der Waals surface area contributed by atoms with Gasteiger partial charge in [0.1, 0.15) is 5.69 Å². The van der Waals surface area contributed by atoms with Crippen LogP contribution in [0.1, 0.15) is 43.6 Å². The molecule has 0 fully saturated rings. The largest absolute Gasteiger partial charge is 0.463 e. The second-order valence-corrected chi connectivity index (χ2v) is 5.51. The maximum atomic E-state index is 12.2. The number of aromatic nitrogens is 2. The van der Waals surface area contributed by atoms with Crippen molar-refractivity contribution in [3.05, 3.63) is 30.2 Å². The van der Waals surface area contributed by atoms with Gasteiger partial charge in [-0.1, -0.05) is 13.8 Å². The lowest BCUT2D eigenvalue weighted by molar-refractivity contribution is 0.0902. The number of hydrogen-bond acceptors (Lipinski definition) is 4. The van der Waals surface area contributed by atoms with Crippen LogP contribution in [0, 0.1) is 5.41 Å². The normalized spacial score (nSPS) is 11.6. The smallest absolute Gasteiger partial charge is 0.271 e. The van der Waals surface area contributed by atoms with Gasteiger partial charge >= 0.3 is 0 Å².